The predicted octanol–water partition coefficient (Wildman–Crippen LogP) is 6.11. The normalized spacial score (nSPS) is 19.6. The van der Waals surface area contributed by atoms with Gasteiger partial charge in [0.05, 0.1) is 17.7 Å². The topological polar surface area (TPSA) is 30.8 Å². The van der Waals surface area contributed by atoms with Gasteiger partial charge >= 0.3 is 7.12 Å². The highest BCUT2D eigenvalue weighted by molar-refractivity contribution is 6.48. The van der Waals surface area contributed by atoms with Gasteiger partial charge in [-0.05, 0) is 64.3 Å². The first-order chi connectivity index (χ1) is 13.2. The van der Waals surface area contributed by atoms with Crippen molar-refractivity contribution in [1.29, 1.82) is 0 Å². The van der Waals surface area contributed by atoms with Crippen LogP contribution in [0.4, 0.5) is 0 Å². The van der Waals surface area contributed by atoms with Gasteiger partial charge in [-0.2, -0.15) is 0 Å². The van der Waals surface area contributed by atoms with Crippen molar-refractivity contribution in [2.75, 3.05) is 0 Å². The molecule has 0 radical (unpaired) electrons. The Kier molecular flexibility index (Phi) is 6.33. The van der Waals surface area contributed by atoms with Crippen LogP contribution in [0.1, 0.15) is 58.0 Å². The molecule has 2 aromatic carbocycles. The largest absolute Gasteiger partial charge is 0.466 e. The second-order valence-corrected chi connectivity index (χ2v) is 8.96. The summed E-state index contributed by atoms with van der Waals surface area (Å²) in [6.07, 6.45) is 0.769. The molecule has 0 amide bonds. The Balaban J connectivity index is 1.82. The Morgan fingerprint density at radius 1 is 0.964 bits per heavy atom. The Labute approximate surface area is 174 Å². The van der Waals surface area contributed by atoms with E-state index >= 15 is 0 Å². The zero-order valence-corrected chi connectivity index (χ0v) is 18.2. The molecule has 0 N–H and O–H groups in total. The minimum atomic E-state index is -0.364. The molecule has 28 heavy (non-hydrogen) atoms. The van der Waals surface area contributed by atoms with Crippen LogP contribution in [0.15, 0.2) is 59.6 Å². The maximum atomic E-state index is 6.36. The molecule has 1 saturated heterocycles. The van der Waals surface area contributed by atoms with Crippen LogP contribution >= 0.6 is 11.6 Å². The lowest BCUT2D eigenvalue weighted by atomic mass is 9.65. The number of nitrogens with zero attached hydrogens (tertiary/aromatic N) is 1. The molecule has 0 aliphatic carbocycles. The lowest BCUT2D eigenvalue weighted by molar-refractivity contribution is 0.00578. The van der Waals surface area contributed by atoms with Gasteiger partial charge in [0.2, 0.25) is 0 Å². The van der Waals surface area contributed by atoms with Crippen LogP contribution in [0.25, 0.3) is 0 Å². The van der Waals surface area contributed by atoms with Crippen LogP contribution in [-0.2, 0) is 15.9 Å². The molecule has 1 heterocycles. The highest BCUT2D eigenvalue weighted by atomic mass is 35.5. The van der Waals surface area contributed by atoms with E-state index in [-0.39, 0.29) is 24.1 Å². The summed E-state index contributed by atoms with van der Waals surface area (Å²) in [6, 6.07) is 18.3. The van der Waals surface area contributed by atoms with E-state index in [1.165, 1.54) is 5.56 Å². The molecule has 1 aliphatic rings. The number of hydrogen-bond donors (Lipinski definition) is 0. The van der Waals surface area contributed by atoms with Gasteiger partial charge in [-0.1, -0.05) is 54.1 Å². The first-order valence-electron chi connectivity index (χ1n) is 9.83. The maximum Gasteiger partial charge on any atom is 0.466 e. The fourth-order valence-electron chi connectivity index (χ4n) is 3.33. The van der Waals surface area contributed by atoms with Gasteiger partial charge in [-0.3, -0.25) is 4.99 Å². The molecular weight excluding hydrogens is 369 g/mol. The Morgan fingerprint density at radius 3 is 2.11 bits per heavy atom. The van der Waals surface area contributed by atoms with Crippen molar-refractivity contribution < 1.29 is 9.31 Å². The van der Waals surface area contributed by atoms with E-state index in [9.17, 15) is 0 Å². The van der Waals surface area contributed by atoms with Crippen molar-refractivity contribution in [3.05, 3.63) is 70.7 Å². The van der Waals surface area contributed by atoms with Gasteiger partial charge in [-0.15, -0.1) is 0 Å². The lowest BCUT2D eigenvalue weighted by Gasteiger charge is -2.32. The van der Waals surface area contributed by atoms with E-state index in [4.69, 9.17) is 25.9 Å². The maximum absolute atomic E-state index is 6.36. The van der Waals surface area contributed by atoms with Crippen molar-refractivity contribution in [1.82, 2.24) is 0 Å². The zero-order valence-electron chi connectivity index (χ0n) is 17.4. The molecule has 0 saturated carbocycles. The van der Waals surface area contributed by atoms with Crippen LogP contribution in [0.3, 0.4) is 0 Å². The van der Waals surface area contributed by atoms with Crippen LogP contribution in [0.5, 0.6) is 0 Å². The number of aliphatic imine (C=N–C) groups is 1. The summed E-state index contributed by atoms with van der Waals surface area (Å²) in [5.74, 6) is 0.0536. The summed E-state index contributed by atoms with van der Waals surface area (Å²) < 4.78 is 12.7. The first-order valence-corrected chi connectivity index (χ1v) is 10.2. The molecule has 148 valence electrons. The first kappa shape index (κ1) is 21.1. The van der Waals surface area contributed by atoms with Gasteiger partial charge in [0.25, 0.3) is 0 Å². The molecular formula is C23H29BClNO2. The van der Waals surface area contributed by atoms with Crippen molar-refractivity contribution >= 4 is 24.4 Å². The summed E-state index contributed by atoms with van der Waals surface area (Å²) in [5, 5.41) is 0.728. The fourth-order valence-corrected chi connectivity index (χ4v) is 3.45. The Morgan fingerprint density at radius 2 is 1.54 bits per heavy atom. The minimum absolute atomic E-state index is 0.0536. The number of benzene rings is 2. The Hall–Kier alpha value is -1.62. The summed E-state index contributed by atoms with van der Waals surface area (Å²) in [6.45, 7) is 11.1. The van der Waals surface area contributed by atoms with Crippen LogP contribution in [0, 0.1) is 0 Å². The molecule has 1 atom stereocenters. The van der Waals surface area contributed by atoms with E-state index in [0.717, 1.165) is 22.7 Å². The van der Waals surface area contributed by atoms with Crippen LogP contribution in [0.2, 0.25) is 5.02 Å². The highest BCUT2D eigenvalue weighted by Gasteiger charge is 2.53. The van der Waals surface area contributed by atoms with Gasteiger partial charge < -0.3 is 9.31 Å². The van der Waals surface area contributed by atoms with E-state index < -0.39 is 0 Å². The predicted molar refractivity (Wildman–Crippen MR) is 118 cm³/mol. The van der Waals surface area contributed by atoms with E-state index in [0.29, 0.717) is 6.54 Å². The van der Waals surface area contributed by atoms with Gasteiger partial charge in [-0.25, -0.2) is 0 Å². The third kappa shape index (κ3) is 4.86. The minimum Gasteiger partial charge on any atom is -0.403 e. The van der Waals surface area contributed by atoms with Crippen molar-refractivity contribution in [2.45, 2.75) is 64.6 Å². The standard InChI is InChI=1S/C23H29BClNO2/c1-17(26-16-18-9-7-6-8-10-18)15-21(19-11-13-20(25)14-12-19)24-27-22(2,3)23(4,5)28-24/h6-14,21H,15-16H2,1-5H3. The van der Waals surface area contributed by atoms with Gasteiger partial charge in [0.15, 0.2) is 0 Å². The SMILES string of the molecule is CC(CC(B1OC(C)(C)C(C)(C)O1)c1ccc(Cl)cc1)=NCc1ccccc1. The molecule has 0 bridgehead atoms. The zero-order chi connectivity index (χ0) is 20.4. The van der Waals surface area contributed by atoms with Crippen molar-refractivity contribution in [2.24, 2.45) is 4.99 Å². The molecule has 2 aromatic rings. The fraction of sp³-hybridized carbons (Fsp3) is 0.435. The summed E-state index contributed by atoms with van der Waals surface area (Å²) in [5.41, 5.74) is 2.71. The third-order valence-electron chi connectivity index (χ3n) is 5.79. The molecule has 3 rings (SSSR count). The highest BCUT2D eigenvalue weighted by Crippen LogP contribution is 2.42. The summed E-state index contributed by atoms with van der Waals surface area (Å²) in [4.78, 5) is 4.80. The van der Waals surface area contributed by atoms with Crippen molar-refractivity contribution in [3.8, 4) is 0 Å². The summed E-state index contributed by atoms with van der Waals surface area (Å²) >= 11 is 6.10. The average Bonchev–Trinajstić information content (AvgIpc) is 2.87. The molecule has 1 aliphatic heterocycles. The average molecular weight is 398 g/mol. The van der Waals surface area contributed by atoms with E-state index in [2.05, 4.69) is 58.9 Å². The molecule has 3 nitrogen and oxygen atoms in total. The van der Waals surface area contributed by atoms with Crippen LogP contribution < -0.4 is 0 Å². The van der Waals surface area contributed by atoms with Gasteiger partial charge in [0, 0.05) is 16.6 Å². The second kappa shape index (κ2) is 8.40. The number of halogens is 1. The smallest absolute Gasteiger partial charge is 0.403 e. The molecule has 5 heteroatoms. The van der Waals surface area contributed by atoms with Crippen LogP contribution in [-0.4, -0.2) is 24.0 Å². The quantitative estimate of drug-likeness (QED) is 0.435. The number of rotatable bonds is 6. The molecule has 0 spiro atoms. The lowest BCUT2D eigenvalue weighted by Crippen LogP contribution is -2.41. The van der Waals surface area contributed by atoms with Crippen molar-refractivity contribution in [3.63, 3.8) is 0 Å². The number of hydrogen-bond acceptors (Lipinski definition) is 3. The van der Waals surface area contributed by atoms with Gasteiger partial charge in [0.1, 0.15) is 0 Å². The van der Waals surface area contributed by atoms with E-state index in [1.54, 1.807) is 0 Å². The monoisotopic (exact) mass is 397 g/mol. The Bertz CT molecular complexity index is 802. The molecule has 1 unspecified atom stereocenters. The summed E-state index contributed by atoms with van der Waals surface area (Å²) in [7, 11) is -0.326. The van der Waals surface area contributed by atoms with E-state index in [1.807, 2.05) is 30.3 Å². The second-order valence-electron chi connectivity index (χ2n) is 8.52. The molecule has 0 aromatic heterocycles. The third-order valence-corrected chi connectivity index (χ3v) is 6.04. The molecule has 1 fully saturated rings.